The third-order valence-electron chi connectivity index (χ3n) is 7.44. The van der Waals surface area contributed by atoms with Crippen molar-refractivity contribution in [3.8, 4) is 11.5 Å². The summed E-state index contributed by atoms with van der Waals surface area (Å²) in [5.41, 5.74) is 2.19. The summed E-state index contributed by atoms with van der Waals surface area (Å²) in [5.74, 6) is -0.0320. The van der Waals surface area contributed by atoms with Gasteiger partial charge >= 0.3 is 0 Å². The molecule has 2 aromatic carbocycles. The topological polar surface area (TPSA) is 92.9 Å². The molecule has 4 aliphatic rings. The number of rotatable bonds is 5. The lowest BCUT2D eigenvalue weighted by Crippen LogP contribution is -2.44. The average Bonchev–Trinajstić information content (AvgIpc) is 3.66. The van der Waals surface area contributed by atoms with E-state index in [1.54, 1.807) is 11.0 Å². The van der Waals surface area contributed by atoms with Gasteiger partial charge in [-0.2, -0.15) is 0 Å². The van der Waals surface area contributed by atoms with Crippen molar-refractivity contribution in [2.45, 2.75) is 18.1 Å². The summed E-state index contributed by atoms with van der Waals surface area (Å²) in [4.78, 5) is 31.8. The molecule has 0 aliphatic carbocycles. The van der Waals surface area contributed by atoms with E-state index in [0.29, 0.717) is 31.0 Å². The standard InChI is InChI=1S/C26H23N3O5/c30-24(27-10-8-15-12-28-18-4-2-1-3-17(15)18)22-20-7-9-26(34-20)13-29(25(31)23(22)26)16-5-6-19-21(11-16)33-14-32-19/h1-7,9,11-12,20,22-23,28H,8,10,13-14H2,(H,27,30)/t20-,22+,23+,26-/m1/s1. The monoisotopic (exact) mass is 457 g/mol. The van der Waals surface area contributed by atoms with Crippen LogP contribution in [0.25, 0.3) is 10.9 Å². The van der Waals surface area contributed by atoms with Crippen molar-refractivity contribution >= 4 is 28.4 Å². The minimum absolute atomic E-state index is 0.0949. The molecule has 2 amide bonds. The number of aromatic nitrogens is 1. The van der Waals surface area contributed by atoms with E-state index < -0.39 is 17.4 Å². The van der Waals surface area contributed by atoms with E-state index in [2.05, 4.69) is 16.4 Å². The Balaban J connectivity index is 1.08. The number of carbonyl (C=O) groups is 2. The summed E-state index contributed by atoms with van der Waals surface area (Å²) in [6, 6.07) is 13.6. The van der Waals surface area contributed by atoms with Gasteiger partial charge in [-0.15, -0.1) is 0 Å². The zero-order valence-electron chi connectivity index (χ0n) is 18.3. The molecule has 172 valence electrons. The maximum atomic E-state index is 13.5. The van der Waals surface area contributed by atoms with E-state index in [4.69, 9.17) is 14.2 Å². The van der Waals surface area contributed by atoms with Crippen LogP contribution in [-0.4, -0.2) is 48.4 Å². The lowest BCUT2D eigenvalue weighted by Gasteiger charge is -2.23. The van der Waals surface area contributed by atoms with E-state index in [9.17, 15) is 9.59 Å². The van der Waals surface area contributed by atoms with Crippen LogP contribution < -0.4 is 19.7 Å². The Hall–Kier alpha value is -3.78. The molecule has 0 saturated carbocycles. The van der Waals surface area contributed by atoms with Gasteiger partial charge in [-0.3, -0.25) is 9.59 Å². The molecule has 5 heterocycles. The van der Waals surface area contributed by atoms with Crippen LogP contribution in [0.2, 0.25) is 0 Å². The van der Waals surface area contributed by atoms with Crippen molar-refractivity contribution in [3.05, 3.63) is 66.4 Å². The fourth-order valence-electron chi connectivity index (χ4n) is 5.85. The number of benzene rings is 2. The van der Waals surface area contributed by atoms with Crippen molar-refractivity contribution in [3.63, 3.8) is 0 Å². The molecule has 2 bridgehead atoms. The van der Waals surface area contributed by atoms with Crippen LogP contribution in [0.5, 0.6) is 11.5 Å². The zero-order chi connectivity index (χ0) is 22.9. The maximum Gasteiger partial charge on any atom is 0.234 e. The molecular weight excluding hydrogens is 434 g/mol. The van der Waals surface area contributed by atoms with Crippen LogP contribution in [-0.2, 0) is 20.7 Å². The van der Waals surface area contributed by atoms with Crippen molar-refractivity contribution in [2.24, 2.45) is 11.8 Å². The lowest BCUT2D eigenvalue weighted by molar-refractivity contribution is -0.131. The number of carbonyl (C=O) groups excluding carboxylic acids is 2. The maximum absolute atomic E-state index is 13.5. The molecule has 3 aromatic rings. The molecule has 2 N–H and O–H groups in total. The first kappa shape index (κ1) is 19.7. The SMILES string of the molecule is O=C(NCCc1c[nH]c2ccccc12)[C@@H]1[C@H]2C(=O)N(c3ccc4c(c3)OCO4)C[C@]23C=C[C@H]1O3. The van der Waals surface area contributed by atoms with Crippen LogP contribution in [0.4, 0.5) is 5.69 Å². The average molecular weight is 457 g/mol. The van der Waals surface area contributed by atoms with E-state index >= 15 is 0 Å². The van der Waals surface area contributed by atoms with E-state index in [0.717, 1.165) is 22.2 Å². The number of nitrogens with one attached hydrogen (secondary N) is 2. The number of H-pyrrole nitrogens is 1. The van der Waals surface area contributed by atoms with Gasteiger partial charge in [0.2, 0.25) is 18.6 Å². The van der Waals surface area contributed by atoms with Crippen molar-refractivity contribution in [1.82, 2.24) is 10.3 Å². The lowest BCUT2D eigenvalue weighted by atomic mass is 9.77. The summed E-state index contributed by atoms with van der Waals surface area (Å²) in [6.07, 6.45) is 6.20. The Morgan fingerprint density at radius 3 is 3.00 bits per heavy atom. The number of nitrogens with zero attached hydrogens (tertiary/aromatic N) is 1. The third-order valence-corrected chi connectivity index (χ3v) is 7.44. The molecule has 4 aliphatic heterocycles. The Bertz CT molecular complexity index is 1360. The number of para-hydroxylation sites is 1. The highest BCUT2D eigenvalue weighted by Crippen LogP contribution is 2.53. The molecule has 2 saturated heterocycles. The highest BCUT2D eigenvalue weighted by atomic mass is 16.7. The summed E-state index contributed by atoms with van der Waals surface area (Å²) < 4.78 is 17.1. The highest BCUT2D eigenvalue weighted by molar-refractivity contribution is 6.03. The van der Waals surface area contributed by atoms with Crippen molar-refractivity contribution < 1.29 is 23.8 Å². The van der Waals surface area contributed by atoms with Gasteiger partial charge in [-0.05, 0) is 30.2 Å². The zero-order valence-corrected chi connectivity index (χ0v) is 18.3. The largest absolute Gasteiger partial charge is 0.454 e. The molecule has 7 rings (SSSR count). The second kappa shape index (κ2) is 7.11. The van der Waals surface area contributed by atoms with Crippen LogP contribution in [0.15, 0.2) is 60.8 Å². The van der Waals surface area contributed by atoms with Crippen molar-refractivity contribution in [1.29, 1.82) is 0 Å². The number of fused-ring (bicyclic) bond motifs is 3. The molecule has 1 spiro atoms. The molecular formula is C26H23N3O5. The van der Waals surface area contributed by atoms with Crippen LogP contribution in [0.1, 0.15) is 5.56 Å². The van der Waals surface area contributed by atoms with E-state index in [1.165, 1.54) is 0 Å². The fraction of sp³-hybridized carbons (Fsp3) is 0.308. The minimum atomic E-state index is -0.767. The number of anilines is 1. The summed E-state index contributed by atoms with van der Waals surface area (Å²) in [6.45, 7) is 1.04. The van der Waals surface area contributed by atoms with Gasteiger partial charge in [0.1, 0.15) is 5.60 Å². The van der Waals surface area contributed by atoms with Gasteiger partial charge in [0.05, 0.1) is 24.5 Å². The van der Waals surface area contributed by atoms with Crippen LogP contribution >= 0.6 is 0 Å². The first-order chi connectivity index (χ1) is 16.6. The molecule has 4 atom stereocenters. The van der Waals surface area contributed by atoms with Gasteiger partial charge in [-0.25, -0.2) is 0 Å². The molecule has 2 fully saturated rings. The fourth-order valence-corrected chi connectivity index (χ4v) is 5.85. The molecule has 8 heteroatoms. The predicted molar refractivity (Wildman–Crippen MR) is 124 cm³/mol. The predicted octanol–water partition coefficient (Wildman–Crippen LogP) is 2.54. The van der Waals surface area contributed by atoms with Gasteiger partial charge < -0.3 is 29.4 Å². The molecule has 34 heavy (non-hydrogen) atoms. The second-order valence-corrected chi connectivity index (χ2v) is 9.26. The molecule has 1 aromatic heterocycles. The second-order valence-electron chi connectivity index (χ2n) is 9.26. The Labute approximate surface area is 195 Å². The summed E-state index contributed by atoms with van der Waals surface area (Å²) in [7, 11) is 0. The molecule has 0 radical (unpaired) electrons. The minimum Gasteiger partial charge on any atom is -0.454 e. The van der Waals surface area contributed by atoms with Gasteiger partial charge in [0, 0.05) is 35.4 Å². The number of hydrogen-bond acceptors (Lipinski definition) is 5. The Kier molecular flexibility index (Phi) is 4.11. The van der Waals surface area contributed by atoms with Crippen molar-refractivity contribution in [2.75, 3.05) is 24.8 Å². The number of ether oxygens (including phenoxy) is 3. The van der Waals surface area contributed by atoms with Gasteiger partial charge in [0.25, 0.3) is 0 Å². The van der Waals surface area contributed by atoms with E-state index in [-0.39, 0.29) is 24.7 Å². The summed E-state index contributed by atoms with van der Waals surface area (Å²) >= 11 is 0. The summed E-state index contributed by atoms with van der Waals surface area (Å²) in [5, 5.41) is 4.22. The number of amides is 2. The first-order valence-corrected chi connectivity index (χ1v) is 11.5. The van der Waals surface area contributed by atoms with Gasteiger partial charge in [0.15, 0.2) is 11.5 Å². The quantitative estimate of drug-likeness (QED) is 0.575. The number of hydrogen-bond donors (Lipinski definition) is 2. The van der Waals surface area contributed by atoms with E-state index in [1.807, 2.05) is 48.7 Å². The highest BCUT2D eigenvalue weighted by Gasteiger charge is 2.67. The Morgan fingerprint density at radius 1 is 1.18 bits per heavy atom. The van der Waals surface area contributed by atoms with Crippen LogP contribution in [0, 0.1) is 11.8 Å². The van der Waals surface area contributed by atoms with Crippen LogP contribution in [0.3, 0.4) is 0 Å². The first-order valence-electron chi connectivity index (χ1n) is 11.5. The number of aromatic amines is 1. The van der Waals surface area contributed by atoms with Gasteiger partial charge in [-0.1, -0.05) is 30.4 Å². The normalized spacial score (nSPS) is 28.2. The molecule has 0 unspecified atom stereocenters. The smallest absolute Gasteiger partial charge is 0.234 e. The molecule has 8 nitrogen and oxygen atoms in total. The third kappa shape index (κ3) is 2.75. The Morgan fingerprint density at radius 2 is 2.06 bits per heavy atom.